The number of nitrogens with one attached hydrogen (secondary N) is 1. The number of carbonyl (C=O) groups is 1. The van der Waals surface area contributed by atoms with E-state index in [1.807, 2.05) is 0 Å². The molecule has 0 aliphatic heterocycles. The number of anilines is 1. The number of hydrogen-bond acceptors (Lipinski definition) is 2. The van der Waals surface area contributed by atoms with Crippen LogP contribution in [-0.2, 0) is 11.0 Å². The van der Waals surface area contributed by atoms with Gasteiger partial charge >= 0.3 is 12.1 Å². The number of alkyl halides is 3. The molecule has 18 heavy (non-hydrogen) atoms. The molecule has 0 fully saturated rings. The van der Waals surface area contributed by atoms with Crippen molar-refractivity contribution >= 4 is 11.7 Å². The first-order valence-corrected chi connectivity index (χ1v) is 4.73. The number of hydrogen-bond donors (Lipinski definition) is 2. The molecular weight excluding hydrogens is 254 g/mol. The van der Waals surface area contributed by atoms with Crippen LogP contribution in [0.5, 0.6) is 0 Å². The minimum atomic E-state index is -4.80. The maximum atomic E-state index is 12.9. The summed E-state index contributed by atoms with van der Waals surface area (Å²) in [6.07, 6.45) is -4.80. The lowest BCUT2D eigenvalue weighted by atomic mass is 10.1. The van der Waals surface area contributed by atoms with Crippen LogP contribution in [0.25, 0.3) is 0 Å². The number of carboxylic acids is 1. The number of benzene rings is 1. The van der Waals surface area contributed by atoms with Gasteiger partial charge in [-0.3, -0.25) is 0 Å². The first-order chi connectivity index (χ1) is 8.21. The molecular formula is C11H9F4NO2. The molecule has 0 amide bonds. The molecule has 0 bridgehead atoms. The van der Waals surface area contributed by atoms with Gasteiger partial charge in [0.15, 0.2) is 0 Å². The Bertz CT molecular complexity index is 482. The van der Waals surface area contributed by atoms with Crippen molar-refractivity contribution in [2.75, 3.05) is 11.9 Å². The van der Waals surface area contributed by atoms with Crippen LogP contribution in [0.3, 0.4) is 0 Å². The van der Waals surface area contributed by atoms with Crippen molar-refractivity contribution in [1.82, 2.24) is 0 Å². The molecule has 0 unspecified atom stereocenters. The highest BCUT2D eigenvalue weighted by atomic mass is 19.4. The highest BCUT2D eigenvalue weighted by Gasteiger charge is 2.34. The zero-order valence-electron chi connectivity index (χ0n) is 9.01. The summed E-state index contributed by atoms with van der Waals surface area (Å²) in [5, 5.41) is 10.9. The van der Waals surface area contributed by atoms with Crippen LogP contribution in [0.4, 0.5) is 23.2 Å². The zero-order valence-corrected chi connectivity index (χ0v) is 9.01. The van der Waals surface area contributed by atoms with Crippen LogP contribution >= 0.6 is 0 Å². The van der Waals surface area contributed by atoms with Crippen molar-refractivity contribution in [3.05, 3.63) is 41.7 Å². The summed E-state index contributed by atoms with van der Waals surface area (Å²) < 4.78 is 50.1. The Balaban J connectivity index is 2.86. The van der Waals surface area contributed by atoms with Crippen LogP contribution in [0.2, 0.25) is 0 Å². The van der Waals surface area contributed by atoms with Crippen molar-refractivity contribution in [2.45, 2.75) is 6.18 Å². The molecule has 0 saturated heterocycles. The Hall–Kier alpha value is -2.05. The molecule has 7 heteroatoms. The molecule has 3 nitrogen and oxygen atoms in total. The standard InChI is InChI=1S/C11H9F4NO2/c1-6(10(17)18)5-16-7-2-3-9(12)8(4-7)11(13,14)15/h2-4,16H,1,5H2,(H,17,18). The minimum absolute atomic E-state index is 0.0360. The van der Waals surface area contributed by atoms with Crippen LogP contribution in [-0.4, -0.2) is 17.6 Å². The summed E-state index contributed by atoms with van der Waals surface area (Å²) in [6.45, 7) is 2.96. The molecule has 0 aliphatic carbocycles. The van der Waals surface area contributed by atoms with Gasteiger partial charge in [-0.25, -0.2) is 9.18 Å². The number of aliphatic carboxylic acids is 1. The van der Waals surface area contributed by atoms with Gasteiger partial charge in [0.2, 0.25) is 0 Å². The quantitative estimate of drug-likeness (QED) is 0.648. The number of halogens is 4. The van der Waals surface area contributed by atoms with Crippen molar-refractivity contribution < 1.29 is 27.5 Å². The molecule has 0 saturated carbocycles. The van der Waals surface area contributed by atoms with E-state index >= 15 is 0 Å². The predicted molar refractivity (Wildman–Crippen MR) is 56.7 cm³/mol. The summed E-state index contributed by atoms with van der Waals surface area (Å²) in [6, 6.07) is 2.32. The van der Waals surface area contributed by atoms with Gasteiger partial charge in [0.25, 0.3) is 0 Å². The summed E-state index contributed by atoms with van der Waals surface area (Å²) in [7, 11) is 0. The summed E-state index contributed by atoms with van der Waals surface area (Å²) in [5.41, 5.74) is -1.66. The number of rotatable bonds is 4. The van der Waals surface area contributed by atoms with Gasteiger partial charge in [0.05, 0.1) is 5.56 Å². The van der Waals surface area contributed by atoms with Crippen LogP contribution in [0.15, 0.2) is 30.4 Å². The molecule has 0 atom stereocenters. The Morgan fingerprint density at radius 2 is 2.00 bits per heavy atom. The maximum Gasteiger partial charge on any atom is 0.419 e. The van der Waals surface area contributed by atoms with E-state index in [0.717, 1.165) is 6.07 Å². The van der Waals surface area contributed by atoms with Crippen LogP contribution in [0, 0.1) is 5.82 Å². The molecule has 0 aromatic heterocycles. The van der Waals surface area contributed by atoms with E-state index in [1.54, 1.807) is 0 Å². The zero-order chi connectivity index (χ0) is 13.9. The monoisotopic (exact) mass is 263 g/mol. The van der Waals surface area contributed by atoms with E-state index in [9.17, 15) is 22.4 Å². The average Bonchev–Trinajstić information content (AvgIpc) is 2.25. The van der Waals surface area contributed by atoms with E-state index in [4.69, 9.17) is 5.11 Å². The van der Waals surface area contributed by atoms with Crippen molar-refractivity contribution in [3.8, 4) is 0 Å². The van der Waals surface area contributed by atoms with Crippen LogP contribution in [0.1, 0.15) is 5.56 Å². The van der Waals surface area contributed by atoms with E-state index in [0.29, 0.717) is 12.1 Å². The van der Waals surface area contributed by atoms with E-state index in [-0.39, 0.29) is 17.8 Å². The fraction of sp³-hybridized carbons (Fsp3) is 0.182. The second kappa shape index (κ2) is 5.07. The highest BCUT2D eigenvalue weighted by molar-refractivity contribution is 5.86. The molecule has 0 heterocycles. The third-order valence-electron chi connectivity index (χ3n) is 2.08. The first kappa shape index (κ1) is 14.0. The summed E-state index contributed by atoms with van der Waals surface area (Å²) in [4.78, 5) is 10.4. The topological polar surface area (TPSA) is 49.3 Å². The molecule has 1 aromatic rings. The van der Waals surface area contributed by atoms with E-state index < -0.39 is 23.5 Å². The molecule has 0 radical (unpaired) electrons. The molecule has 1 aromatic carbocycles. The van der Waals surface area contributed by atoms with E-state index in [1.165, 1.54) is 0 Å². The Kier molecular flexibility index (Phi) is 3.95. The summed E-state index contributed by atoms with van der Waals surface area (Å²) >= 11 is 0. The maximum absolute atomic E-state index is 12.9. The Morgan fingerprint density at radius 3 is 2.50 bits per heavy atom. The Labute approximate surface area is 99.7 Å². The lowest BCUT2D eigenvalue weighted by molar-refractivity contribution is -0.140. The van der Waals surface area contributed by atoms with Gasteiger partial charge in [-0.15, -0.1) is 0 Å². The largest absolute Gasteiger partial charge is 0.478 e. The second-order valence-electron chi connectivity index (χ2n) is 3.45. The molecule has 98 valence electrons. The minimum Gasteiger partial charge on any atom is -0.478 e. The van der Waals surface area contributed by atoms with Gasteiger partial charge in [0.1, 0.15) is 5.82 Å². The second-order valence-corrected chi connectivity index (χ2v) is 3.45. The Morgan fingerprint density at radius 1 is 1.39 bits per heavy atom. The van der Waals surface area contributed by atoms with Crippen molar-refractivity contribution in [2.24, 2.45) is 0 Å². The predicted octanol–water partition coefficient (Wildman–Crippen LogP) is 2.90. The number of carboxylic acid groups (broad SMARTS) is 1. The normalized spacial score (nSPS) is 11.1. The molecule has 0 aliphatic rings. The summed E-state index contributed by atoms with van der Waals surface area (Å²) in [5.74, 6) is -2.65. The fourth-order valence-electron chi connectivity index (χ4n) is 1.14. The molecule has 1 rings (SSSR count). The van der Waals surface area contributed by atoms with Gasteiger partial charge in [-0.05, 0) is 18.2 Å². The van der Waals surface area contributed by atoms with Crippen molar-refractivity contribution in [3.63, 3.8) is 0 Å². The lowest BCUT2D eigenvalue weighted by Crippen LogP contribution is -2.13. The smallest absolute Gasteiger partial charge is 0.419 e. The third-order valence-corrected chi connectivity index (χ3v) is 2.08. The van der Waals surface area contributed by atoms with Crippen molar-refractivity contribution in [1.29, 1.82) is 0 Å². The molecule has 0 spiro atoms. The lowest BCUT2D eigenvalue weighted by Gasteiger charge is -2.11. The van der Waals surface area contributed by atoms with Gasteiger partial charge in [-0.2, -0.15) is 13.2 Å². The third kappa shape index (κ3) is 3.47. The van der Waals surface area contributed by atoms with Gasteiger partial charge < -0.3 is 10.4 Å². The SMILES string of the molecule is C=C(CNc1ccc(F)c(C(F)(F)F)c1)C(=O)O. The highest BCUT2D eigenvalue weighted by Crippen LogP contribution is 2.32. The van der Waals surface area contributed by atoms with Gasteiger partial charge in [-0.1, -0.05) is 6.58 Å². The van der Waals surface area contributed by atoms with E-state index in [2.05, 4.69) is 11.9 Å². The average molecular weight is 263 g/mol. The van der Waals surface area contributed by atoms with Crippen LogP contribution < -0.4 is 5.32 Å². The molecule has 2 N–H and O–H groups in total. The fourth-order valence-corrected chi connectivity index (χ4v) is 1.14. The first-order valence-electron chi connectivity index (χ1n) is 4.73. The van der Waals surface area contributed by atoms with Gasteiger partial charge in [0, 0.05) is 17.8 Å².